The Morgan fingerprint density at radius 3 is 2.03 bits per heavy atom. The van der Waals surface area contributed by atoms with Crippen LogP contribution in [0.15, 0.2) is 42.5 Å². The first-order valence-electron chi connectivity index (χ1n) is 9.38. The van der Waals surface area contributed by atoms with E-state index in [1.807, 2.05) is 0 Å². The van der Waals surface area contributed by atoms with Gasteiger partial charge in [0.2, 0.25) is 0 Å². The summed E-state index contributed by atoms with van der Waals surface area (Å²) in [4.78, 5) is 24.3. The van der Waals surface area contributed by atoms with Gasteiger partial charge in [0.25, 0.3) is 0 Å². The third kappa shape index (κ3) is 6.42. The third-order valence-electron chi connectivity index (χ3n) is 4.68. The van der Waals surface area contributed by atoms with Gasteiger partial charge in [0.05, 0.1) is 17.6 Å². The van der Waals surface area contributed by atoms with Gasteiger partial charge in [0, 0.05) is 6.07 Å². The van der Waals surface area contributed by atoms with Crippen molar-refractivity contribution in [1.82, 2.24) is 0 Å². The number of rotatable bonds is 5. The second-order valence-corrected chi connectivity index (χ2v) is 6.98. The summed E-state index contributed by atoms with van der Waals surface area (Å²) in [6, 6.07) is 7.19. The standard InChI is InChI=1S/C21H18F4O6/c22-18-11-16(30-19(27)12-1-3-13(26)4-2-12)9-10-17(18)20(28)29-14-5-7-15(8-6-14)31-21(23,24)25/h5-13,26H,1-4H2. The zero-order chi connectivity index (χ0) is 22.6. The minimum atomic E-state index is -4.86. The summed E-state index contributed by atoms with van der Waals surface area (Å²) in [5.41, 5.74) is -0.448. The molecule has 0 atom stereocenters. The number of aliphatic hydroxyl groups excluding tert-OH is 1. The normalized spacial score (nSPS) is 18.9. The maximum atomic E-state index is 14.3. The lowest BCUT2D eigenvalue weighted by molar-refractivity contribution is -0.274. The molecule has 0 heterocycles. The van der Waals surface area contributed by atoms with Crippen LogP contribution in [-0.2, 0) is 4.79 Å². The number of esters is 2. The van der Waals surface area contributed by atoms with Crippen LogP contribution in [0.1, 0.15) is 36.0 Å². The van der Waals surface area contributed by atoms with Crippen LogP contribution >= 0.6 is 0 Å². The number of aliphatic hydroxyl groups is 1. The van der Waals surface area contributed by atoms with Crippen molar-refractivity contribution < 1.29 is 46.5 Å². The van der Waals surface area contributed by atoms with Gasteiger partial charge in [0.15, 0.2) is 0 Å². The van der Waals surface area contributed by atoms with Gasteiger partial charge in [-0.25, -0.2) is 9.18 Å². The van der Waals surface area contributed by atoms with Gasteiger partial charge in [-0.3, -0.25) is 4.79 Å². The topological polar surface area (TPSA) is 82.1 Å². The Hall–Kier alpha value is -3.14. The van der Waals surface area contributed by atoms with Crippen LogP contribution in [-0.4, -0.2) is 29.5 Å². The molecule has 1 N–H and O–H groups in total. The van der Waals surface area contributed by atoms with E-state index in [-0.39, 0.29) is 17.4 Å². The Bertz CT molecular complexity index is 934. The molecular formula is C21H18F4O6. The Morgan fingerprint density at radius 1 is 0.871 bits per heavy atom. The highest BCUT2D eigenvalue weighted by Crippen LogP contribution is 2.28. The smallest absolute Gasteiger partial charge is 0.426 e. The lowest BCUT2D eigenvalue weighted by Crippen LogP contribution is -2.27. The van der Waals surface area contributed by atoms with E-state index in [1.54, 1.807) is 0 Å². The molecule has 0 bridgehead atoms. The number of carbonyl (C=O) groups excluding carboxylic acids is 2. The van der Waals surface area contributed by atoms with E-state index in [9.17, 15) is 32.3 Å². The Balaban J connectivity index is 1.60. The van der Waals surface area contributed by atoms with Crippen molar-refractivity contribution >= 4 is 11.9 Å². The quantitative estimate of drug-likeness (QED) is 0.420. The Morgan fingerprint density at radius 2 is 1.45 bits per heavy atom. The maximum absolute atomic E-state index is 14.3. The summed E-state index contributed by atoms with van der Waals surface area (Å²) in [6.07, 6.45) is -3.37. The van der Waals surface area contributed by atoms with Crippen molar-refractivity contribution in [1.29, 1.82) is 0 Å². The number of alkyl halides is 3. The van der Waals surface area contributed by atoms with Crippen LogP contribution in [0.3, 0.4) is 0 Å². The van der Waals surface area contributed by atoms with Crippen molar-refractivity contribution in [3.63, 3.8) is 0 Å². The van der Waals surface area contributed by atoms with E-state index >= 15 is 0 Å². The van der Waals surface area contributed by atoms with E-state index in [4.69, 9.17) is 9.47 Å². The van der Waals surface area contributed by atoms with E-state index in [0.29, 0.717) is 25.7 Å². The number of benzene rings is 2. The predicted molar refractivity (Wildman–Crippen MR) is 98.1 cm³/mol. The Labute approximate surface area is 174 Å². The minimum absolute atomic E-state index is 0.0844. The van der Waals surface area contributed by atoms with Gasteiger partial charge < -0.3 is 19.3 Å². The van der Waals surface area contributed by atoms with Gasteiger partial charge in [-0.05, 0) is 62.1 Å². The molecule has 6 nitrogen and oxygen atoms in total. The molecule has 2 aromatic rings. The minimum Gasteiger partial charge on any atom is -0.426 e. The molecule has 0 saturated heterocycles. The monoisotopic (exact) mass is 442 g/mol. The molecule has 10 heteroatoms. The summed E-state index contributed by atoms with van der Waals surface area (Å²) in [6.45, 7) is 0. The summed E-state index contributed by atoms with van der Waals surface area (Å²) in [5.74, 6) is -3.71. The fourth-order valence-electron chi connectivity index (χ4n) is 3.11. The molecule has 166 valence electrons. The second kappa shape index (κ2) is 9.34. The van der Waals surface area contributed by atoms with E-state index < -0.39 is 41.5 Å². The molecule has 0 radical (unpaired) electrons. The van der Waals surface area contributed by atoms with Gasteiger partial charge in [-0.2, -0.15) is 0 Å². The van der Waals surface area contributed by atoms with Crippen LogP contribution in [0.4, 0.5) is 17.6 Å². The van der Waals surface area contributed by atoms with Crippen molar-refractivity contribution in [2.45, 2.75) is 38.1 Å². The third-order valence-corrected chi connectivity index (χ3v) is 4.68. The first-order valence-corrected chi connectivity index (χ1v) is 9.38. The molecule has 0 aromatic heterocycles. The van der Waals surface area contributed by atoms with Gasteiger partial charge in [0.1, 0.15) is 23.1 Å². The highest BCUT2D eigenvalue weighted by Gasteiger charge is 2.31. The van der Waals surface area contributed by atoms with Crippen LogP contribution in [0.2, 0.25) is 0 Å². The molecule has 0 spiro atoms. The summed E-state index contributed by atoms with van der Waals surface area (Å²) >= 11 is 0. The second-order valence-electron chi connectivity index (χ2n) is 6.98. The summed E-state index contributed by atoms with van der Waals surface area (Å²) in [7, 11) is 0. The number of ether oxygens (including phenoxy) is 3. The van der Waals surface area contributed by atoms with Crippen LogP contribution < -0.4 is 14.2 Å². The number of carbonyl (C=O) groups is 2. The maximum Gasteiger partial charge on any atom is 0.573 e. The molecule has 3 rings (SSSR count). The first-order chi connectivity index (χ1) is 14.6. The molecule has 0 unspecified atom stereocenters. The Kier molecular flexibility index (Phi) is 6.79. The predicted octanol–water partition coefficient (Wildman–Crippen LogP) is 4.40. The summed E-state index contributed by atoms with van der Waals surface area (Å²) < 4.78 is 64.6. The summed E-state index contributed by atoms with van der Waals surface area (Å²) in [5, 5.41) is 9.48. The van der Waals surface area contributed by atoms with Crippen molar-refractivity contribution in [2.24, 2.45) is 5.92 Å². The molecule has 0 aliphatic heterocycles. The molecule has 31 heavy (non-hydrogen) atoms. The lowest BCUT2D eigenvalue weighted by Gasteiger charge is -2.23. The molecule has 1 aliphatic rings. The average Bonchev–Trinajstić information content (AvgIpc) is 2.69. The van der Waals surface area contributed by atoms with Crippen molar-refractivity contribution in [2.75, 3.05) is 0 Å². The van der Waals surface area contributed by atoms with Crippen molar-refractivity contribution in [3.05, 3.63) is 53.8 Å². The van der Waals surface area contributed by atoms with Crippen LogP contribution in [0.25, 0.3) is 0 Å². The number of hydrogen-bond acceptors (Lipinski definition) is 6. The van der Waals surface area contributed by atoms with E-state index in [0.717, 1.165) is 36.4 Å². The zero-order valence-electron chi connectivity index (χ0n) is 16.0. The fourth-order valence-corrected chi connectivity index (χ4v) is 3.11. The average molecular weight is 442 g/mol. The first kappa shape index (κ1) is 22.5. The van der Waals surface area contributed by atoms with Gasteiger partial charge in [-0.1, -0.05) is 0 Å². The SMILES string of the molecule is O=C(Oc1ccc(OC(F)(F)F)cc1)c1ccc(OC(=O)C2CCC(O)CC2)cc1F. The molecule has 2 aromatic carbocycles. The molecule has 1 aliphatic carbocycles. The van der Waals surface area contributed by atoms with Crippen LogP contribution in [0.5, 0.6) is 17.2 Å². The van der Waals surface area contributed by atoms with E-state index in [2.05, 4.69) is 4.74 Å². The van der Waals surface area contributed by atoms with Crippen molar-refractivity contribution in [3.8, 4) is 17.2 Å². The largest absolute Gasteiger partial charge is 0.573 e. The molecule has 1 saturated carbocycles. The van der Waals surface area contributed by atoms with Gasteiger partial charge in [-0.15, -0.1) is 13.2 Å². The van der Waals surface area contributed by atoms with E-state index in [1.165, 1.54) is 6.07 Å². The lowest BCUT2D eigenvalue weighted by atomic mass is 9.87. The van der Waals surface area contributed by atoms with Crippen LogP contribution in [0, 0.1) is 11.7 Å². The van der Waals surface area contributed by atoms with Gasteiger partial charge >= 0.3 is 18.3 Å². The molecule has 1 fully saturated rings. The molecular weight excluding hydrogens is 424 g/mol. The zero-order valence-corrected chi connectivity index (χ0v) is 16.0. The number of hydrogen-bond donors (Lipinski definition) is 1. The highest BCUT2D eigenvalue weighted by atomic mass is 19.4. The molecule has 0 amide bonds. The number of halogens is 4. The highest BCUT2D eigenvalue weighted by molar-refractivity contribution is 5.91. The fraction of sp³-hybridized carbons (Fsp3) is 0.333.